The molecule has 1 aliphatic heterocycles. The van der Waals surface area contributed by atoms with Crippen molar-refractivity contribution in [1.82, 2.24) is 5.32 Å². The second-order valence-corrected chi connectivity index (χ2v) is 7.93. The highest BCUT2D eigenvalue weighted by Gasteiger charge is 2.22. The van der Waals surface area contributed by atoms with Gasteiger partial charge in [0.05, 0.1) is 10.9 Å². The van der Waals surface area contributed by atoms with Gasteiger partial charge in [0.1, 0.15) is 11.6 Å². The molecular weight excluding hydrogens is 370 g/mol. The molecule has 5 nitrogen and oxygen atoms in total. The number of phenols is 1. The molecule has 3 rings (SSSR count). The molecule has 0 amide bonds. The molecule has 1 saturated carbocycles. The quantitative estimate of drug-likeness (QED) is 0.623. The van der Waals surface area contributed by atoms with E-state index in [1.165, 1.54) is 37.0 Å². The summed E-state index contributed by atoms with van der Waals surface area (Å²) >= 11 is 1.71. The maximum absolute atomic E-state index is 9.28. The van der Waals surface area contributed by atoms with Gasteiger partial charge in [0, 0.05) is 14.2 Å². The average molecular weight is 406 g/mol. The van der Waals surface area contributed by atoms with Crippen molar-refractivity contribution < 1.29 is 10.2 Å². The molecule has 6 heteroatoms. The first-order chi connectivity index (χ1) is 13.4. The van der Waals surface area contributed by atoms with E-state index >= 15 is 0 Å². The summed E-state index contributed by atoms with van der Waals surface area (Å²) in [5.41, 5.74) is 3.24. The molecule has 1 aromatic rings. The van der Waals surface area contributed by atoms with Crippen molar-refractivity contribution >= 4 is 22.8 Å². The Bertz CT molecular complexity index is 675. The van der Waals surface area contributed by atoms with Crippen LogP contribution < -0.4 is 5.32 Å². The van der Waals surface area contributed by atoms with Crippen molar-refractivity contribution in [2.24, 2.45) is 9.98 Å². The minimum atomic E-state index is 0.400. The summed E-state index contributed by atoms with van der Waals surface area (Å²) < 4.78 is 0. The number of hydrogen-bond donors (Lipinski definition) is 3. The topological polar surface area (TPSA) is 77.2 Å². The van der Waals surface area contributed by atoms with Gasteiger partial charge in [0.15, 0.2) is 5.17 Å². The highest BCUT2D eigenvalue weighted by Crippen LogP contribution is 2.27. The van der Waals surface area contributed by atoms with Crippen LogP contribution in [0.3, 0.4) is 0 Å². The first kappa shape index (κ1) is 24.2. The van der Waals surface area contributed by atoms with Gasteiger partial charge in [0.25, 0.3) is 0 Å². The molecule has 1 aliphatic carbocycles. The number of hydrogen-bond acceptors (Lipinski definition) is 5. The summed E-state index contributed by atoms with van der Waals surface area (Å²) in [6.07, 6.45) is 8.62. The molecule has 156 valence electrons. The second-order valence-electron chi connectivity index (χ2n) is 6.90. The number of aliphatic hydroxyl groups excluding tert-OH is 1. The smallest absolute Gasteiger partial charge is 0.167 e. The van der Waals surface area contributed by atoms with Gasteiger partial charge in [-0.2, -0.15) is 0 Å². The molecule has 2 aliphatic rings. The molecular formula is C22H35N3O2S. The van der Waals surface area contributed by atoms with Crippen molar-refractivity contribution in [2.45, 2.75) is 65.8 Å². The monoisotopic (exact) mass is 405 g/mol. The molecule has 1 aromatic carbocycles. The third kappa shape index (κ3) is 7.32. The number of phenolic OH excluding ortho intramolecular Hbond substituents is 1. The van der Waals surface area contributed by atoms with Crippen LogP contribution in [0.1, 0.15) is 55.7 Å². The summed E-state index contributed by atoms with van der Waals surface area (Å²) in [5.74, 6) is 1.36. The number of rotatable bonds is 1. The zero-order valence-electron chi connectivity index (χ0n) is 18.0. The summed E-state index contributed by atoms with van der Waals surface area (Å²) in [4.78, 5) is 10.2. The van der Waals surface area contributed by atoms with E-state index in [1.54, 1.807) is 17.8 Å². The van der Waals surface area contributed by atoms with Gasteiger partial charge in [-0.25, -0.2) is 0 Å². The zero-order chi connectivity index (χ0) is 21.1. The van der Waals surface area contributed by atoms with Crippen molar-refractivity contribution in [2.75, 3.05) is 14.2 Å². The third-order valence-electron chi connectivity index (χ3n) is 4.81. The van der Waals surface area contributed by atoms with Gasteiger partial charge in [0.2, 0.25) is 0 Å². The second kappa shape index (κ2) is 12.6. The van der Waals surface area contributed by atoms with Gasteiger partial charge >= 0.3 is 0 Å². The molecule has 0 atom stereocenters. The number of amidine groups is 2. The Morgan fingerprint density at radius 2 is 1.75 bits per heavy atom. The minimum absolute atomic E-state index is 0.400. The molecule has 1 saturated heterocycles. The van der Waals surface area contributed by atoms with Crippen LogP contribution in [0.5, 0.6) is 5.75 Å². The molecule has 0 radical (unpaired) electrons. The highest BCUT2D eigenvalue weighted by molar-refractivity contribution is 8.18. The number of benzene rings is 1. The number of thioether (sulfide) groups is 1. The Balaban J connectivity index is 0.000000281. The van der Waals surface area contributed by atoms with Gasteiger partial charge in [-0.1, -0.05) is 31.4 Å². The third-order valence-corrected chi connectivity index (χ3v) is 5.86. The van der Waals surface area contributed by atoms with E-state index in [0.29, 0.717) is 11.8 Å². The molecule has 0 bridgehead atoms. The fraction of sp³-hybridized carbons (Fsp3) is 0.545. The van der Waals surface area contributed by atoms with Crippen LogP contribution in [0.15, 0.2) is 33.1 Å². The number of nitrogens with zero attached hydrogens (tertiary/aromatic N) is 2. The van der Waals surface area contributed by atoms with Crippen LogP contribution in [0.25, 0.3) is 0 Å². The van der Waals surface area contributed by atoms with E-state index in [4.69, 9.17) is 10.1 Å². The van der Waals surface area contributed by atoms with Crippen LogP contribution >= 0.6 is 11.8 Å². The Morgan fingerprint density at radius 1 is 1.11 bits per heavy atom. The maximum Gasteiger partial charge on any atom is 0.167 e. The van der Waals surface area contributed by atoms with Gasteiger partial charge in [-0.15, -0.1) is 0 Å². The number of allylic oxidation sites excluding steroid dienone is 1. The van der Waals surface area contributed by atoms with E-state index in [0.717, 1.165) is 34.8 Å². The fourth-order valence-corrected chi connectivity index (χ4v) is 4.07. The molecule has 28 heavy (non-hydrogen) atoms. The Labute approximate surface area is 174 Å². The predicted molar refractivity (Wildman–Crippen MR) is 123 cm³/mol. The largest absolute Gasteiger partial charge is 0.508 e. The number of aryl methyl sites for hydroxylation is 2. The first-order valence-electron chi connectivity index (χ1n) is 9.82. The van der Waals surface area contributed by atoms with E-state index < -0.39 is 0 Å². The highest BCUT2D eigenvalue weighted by atomic mass is 32.2. The van der Waals surface area contributed by atoms with Crippen molar-refractivity contribution in [3.63, 3.8) is 0 Å². The number of aliphatic hydroxyl groups is 1. The summed E-state index contributed by atoms with van der Waals surface area (Å²) in [6.45, 7) is 7.94. The van der Waals surface area contributed by atoms with E-state index in [9.17, 15) is 5.11 Å². The first-order valence-corrected chi connectivity index (χ1v) is 10.6. The van der Waals surface area contributed by atoms with E-state index in [2.05, 4.69) is 22.5 Å². The standard InChI is InChI=1S/C12H19N3S.C9H12O.CH4O/c1-3-10-11(13-2)15-12(16-10)14-9-7-5-4-6-8-9;1-6-4-7(2)8(3)9(10)5-6;1-2/h3,9H,4-8H2,1-2H3,(H,13,14,15);4-5,10H,1-3H3;2H,1H3/b10-3+;;. The van der Waals surface area contributed by atoms with Crippen molar-refractivity contribution in [3.05, 3.63) is 39.8 Å². The number of aromatic hydroxyl groups is 1. The molecule has 1 heterocycles. The zero-order valence-corrected chi connectivity index (χ0v) is 18.9. The lowest BCUT2D eigenvalue weighted by atomic mass is 9.96. The maximum atomic E-state index is 9.28. The van der Waals surface area contributed by atoms with E-state index in [1.807, 2.05) is 34.7 Å². The van der Waals surface area contributed by atoms with Crippen LogP contribution in [-0.2, 0) is 0 Å². The lowest BCUT2D eigenvalue weighted by Crippen LogP contribution is -2.22. The summed E-state index contributed by atoms with van der Waals surface area (Å²) in [7, 11) is 2.82. The normalized spacial score (nSPS) is 21.0. The van der Waals surface area contributed by atoms with Crippen molar-refractivity contribution in [3.8, 4) is 5.75 Å². The Morgan fingerprint density at radius 3 is 2.25 bits per heavy atom. The average Bonchev–Trinajstić information content (AvgIpc) is 3.11. The van der Waals surface area contributed by atoms with E-state index in [-0.39, 0.29) is 0 Å². The number of nitrogens with one attached hydrogen (secondary N) is 1. The summed E-state index contributed by atoms with van der Waals surface area (Å²) in [5, 5.41) is 20.6. The van der Waals surface area contributed by atoms with Gasteiger partial charge in [-0.3, -0.25) is 9.98 Å². The molecule has 2 fully saturated rings. The van der Waals surface area contributed by atoms with Crippen LogP contribution in [0.2, 0.25) is 0 Å². The fourth-order valence-electron chi connectivity index (χ4n) is 3.15. The molecule has 0 unspecified atom stereocenters. The molecule has 3 N–H and O–H groups in total. The van der Waals surface area contributed by atoms with Gasteiger partial charge in [-0.05, 0) is 75.1 Å². The Kier molecular flexibility index (Phi) is 10.9. The Hall–Kier alpha value is -1.79. The minimum Gasteiger partial charge on any atom is -0.508 e. The SMILES string of the molecule is C/C=C1/SC(=NC2CCCCC2)NC1=NC.CO.Cc1cc(C)c(C)c(O)c1. The molecule has 0 spiro atoms. The lowest BCUT2D eigenvalue weighted by Gasteiger charge is -2.17. The summed E-state index contributed by atoms with van der Waals surface area (Å²) in [6, 6.07) is 4.37. The van der Waals surface area contributed by atoms with Gasteiger partial charge < -0.3 is 15.5 Å². The number of aliphatic imine (C=N–C) groups is 2. The predicted octanol–water partition coefficient (Wildman–Crippen LogP) is 4.87. The van der Waals surface area contributed by atoms with Crippen LogP contribution in [0, 0.1) is 20.8 Å². The lowest BCUT2D eigenvalue weighted by molar-refractivity contribution is 0.399. The van der Waals surface area contributed by atoms with Crippen LogP contribution in [-0.4, -0.2) is 41.4 Å². The van der Waals surface area contributed by atoms with Crippen molar-refractivity contribution in [1.29, 1.82) is 0 Å². The molecule has 0 aromatic heterocycles. The van der Waals surface area contributed by atoms with Crippen LogP contribution in [0.4, 0.5) is 0 Å².